The summed E-state index contributed by atoms with van der Waals surface area (Å²) in [6.07, 6.45) is 0. The van der Waals surface area contributed by atoms with Gasteiger partial charge in [-0.05, 0) is 48.2 Å². The van der Waals surface area contributed by atoms with E-state index in [-0.39, 0.29) is 17.9 Å². The second-order valence-corrected chi connectivity index (χ2v) is 7.13. The Kier molecular flexibility index (Phi) is 4.81. The molecule has 2 aromatic rings. The zero-order valence-electron chi connectivity index (χ0n) is 12.4. The van der Waals surface area contributed by atoms with Crippen LogP contribution >= 0.6 is 22.9 Å². The molecule has 0 radical (unpaired) electrons. The van der Waals surface area contributed by atoms with Crippen molar-refractivity contribution in [2.75, 3.05) is 13.1 Å². The fraction of sp³-hybridized carbons (Fsp3) is 0.353. The van der Waals surface area contributed by atoms with Gasteiger partial charge in [0.1, 0.15) is 0 Å². The highest BCUT2D eigenvalue weighted by Gasteiger charge is 2.30. The van der Waals surface area contributed by atoms with Crippen LogP contribution in [0.4, 0.5) is 0 Å². The molecule has 0 bridgehead atoms. The first-order valence-electron chi connectivity index (χ1n) is 7.45. The van der Waals surface area contributed by atoms with E-state index in [9.17, 15) is 4.79 Å². The number of amides is 1. The fourth-order valence-corrected chi connectivity index (χ4v) is 3.51. The molecule has 1 aromatic carbocycles. The van der Waals surface area contributed by atoms with Crippen LogP contribution in [0.1, 0.15) is 23.4 Å². The molecular formula is C17H19ClN2OS. The summed E-state index contributed by atoms with van der Waals surface area (Å²) < 4.78 is 0. The molecule has 1 amide bonds. The standard InChI is InChI=1S/C17H19ClN2OS/c1-11(13-9-19-10-13)17(21)20-16(15-3-2-8-22-15)12-4-6-14(18)7-5-12/h2-8,11,13,16,19H,9-10H2,1H3,(H,20,21). The Labute approximate surface area is 139 Å². The minimum absolute atomic E-state index is 0.0241. The molecule has 1 aromatic heterocycles. The van der Waals surface area contributed by atoms with Gasteiger partial charge in [0, 0.05) is 15.8 Å². The van der Waals surface area contributed by atoms with Crippen LogP contribution in [0.5, 0.6) is 0 Å². The van der Waals surface area contributed by atoms with Gasteiger partial charge in [-0.25, -0.2) is 0 Å². The number of halogens is 1. The molecule has 3 rings (SSSR count). The molecule has 0 saturated carbocycles. The number of benzene rings is 1. The van der Waals surface area contributed by atoms with Crippen LogP contribution < -0.4 is 10.6 Å². The first-order chi connectivity index (χ1) is 10.6. The number of carbonyl (C=O) groups excluding carboxylic acids is 1. The maximum Gasteiger partial charge on any atom is 0.223 e. The summed E-state index contributed by atoms with van der Waals surface area (Å²) in [5.74, 6) is 0.574. The topological polar surface area (TPSA) is 41.1 Å². The molecule has 1 aliphatic rings. The predicted molar refractivity (Wildman–Crippen MR) is 91.3 cm³/mol. The van der Waals surface area contributed by atoms with Crippen LogP contribution in [-0.2, 0) is 4.79 Å². The average molecular weight is 335 g/mol. The van der Waals surface area contributed by atoms with Crippen molar-refractivity contribution in [3.63, 3.8) is 0 Å². The first-order valence-corrected chi connectivity index (χ1v) is 8.71. The van der Waals surface area contributed by atoms with E-state index < -0.39 is 0 Å². The zero-order valence-corrected chi connectivity index (χ0v) is 14.0. The summed E-state index contributed by atoms with van der Waals surface area (Å²) >= 11 is 7.63. The van der Waals surface area contributed by atoms with Crippen molar-refractivity contribution in [2.24, 2.45) is 11.8 Å². The van der Waals surface area contributed by atoms with Gasteiger partial charge in [-0.15, -0.1) is 11.3 Å². The van der Waals surface area contributed by atoms with E-state index in [1.165, 1.54) is 0 Å². The van der Waals surface area contributed by atoms with Crippen LogP contribution in [0.3, 0.4) is 0 Å². The lowest BCUT2D eigenvalue weighted by molar-refractivity contribution is -0.127. The third kappa shape index (κ3) is 3.35. The average Bonchev–Trinajstić information content (AvgIpc) is 2.97. The fourth-order valence-electron chi connectivity index (χ4n) is 2.58. The monoisotopic (exact) mass is 334 g/mol. The molecule has 3 nitrogen and oxygen atoms in total. The molecule has 0 spiro atoms. The molecule has 2 unspecified atom stereocenters. The van der Waals surface area contributed by atoms with E-state index >= 15 is 0 Å². The predicted octanol–water partition coefficient (Wildman–Crippen LogP) is 3.46. The summed E-state index contributed by atoms with van der Waals surface area (Å²) in [7, 11) is 0. The quantitative estimate of drug-likeness (QED) is 0.879. The van der Waals surface area contributed by atoms with Crippen LogP contribution in [-0.4, -0.2) is 19.0 Å². The summed E-state index contributed by atoms with van der Waals surface area (Å²) in [5, 5.41) is 9.16. The molecule has 22 heavy (non-hydrogen) atoms. The molecule has 0 aliphatic carbocycles. The van der Waals surface area contributed by atoms with Gasteiger partial charge in [0.05, 0.1) is 6.04 Å². The molecular weight excluding hydrogens is 316 g/mol. The van der Waals surface area contributed by atoms with E-state index in [1.54, 1.807) is 11.3 Å². The van der Waals surface area contributed by atoms with E-state index in [0.717, 1.165) is 23.5 Å². The summed E-state index contributed by atoms with van der Waals surface area (Å²) in [6.45, 7) is 3.87. The molecule has 1 aliphatic heterocycles. The molecule has 5 heteroatoms. The highest BCUT2D eigenvalue weighted by atomic mass is 35.5. The van der Waals surface area contributed by atoms with Crippen LogP contribution in [0.15, 0.2) is 41.8 Å². The van der Waals surface area contributed by atoms with Crippen molar-refractivity contribution < 1.29 is 4.79 Å². The third-order valence-corrected chi connectivity index (χ3v) is 5.44. The summed E-state index contributed by atoms with van der Waals surface area (Å²) in [6, 6.07) is 11.6. The number of thiophene rings is 1. The van der Waals surface area contributed by atoms with Gasteiger partial charge >= 0.3 is 0 Å². The Morgan fingerprint density at radius 2 is 2.05 bits per heavy atom. The lowest BCUT2D eigenvalue weighted by atomic mass is 9.88. The lowest BCUT2D eigenvalue weighted by Gasteiger charge is -2.32. The molecule has 116 valence electrons. The van der Waals surface area contributed by atoms with E-state index in [4.69, 9.17) is 11.6 Å². The largest absolute Gasteiger partial charge is 0.344 e. The minimum atomic E-state index is -0.111. The third-order valence-electron chi connectivity index (χ3n) is 4.25. The van der Waals surface area contributed by atoms with E-state index in [0.29, 0.717) is 10.9 Å². The van der Waals surface area contributed by atoms with Gasteiger partial charge in [0.25, 0.3) is 0 Å². The number of hydrogen-bond donors (Lipinski definition) is 2. The molecule has 1 saturated heterocycles. The van der Waals surface area contributed by atoms with Crippen LogP contribution in [0.25, 0.3) is 0 Å². The second kappa shape index (κ2) is 6.82. The van der Waals surface area contributed by atoms with E-state index in [1.807, 2.05) is 42.6 Å². The van der Waals surface area contributed by atoms with Gasteiger partial charge in [0.2, 0.25) is 5.91 Å². The van der Waals surface area contributed by atoms with Crippen molar-refractivity contribution >= 4 is 28.8 Å². The SMILES string of the molecule is CC(C(=O)NC(c1ccc(Cl)cc1)c1cccs1)C1CNC1. The highest BCUT2D eigenvalue weighted by molar-refractivity contribution is 7.10. The number of hydrogen-bond acceptors (Lipinski definition) is 3. The van der Waals surface area contributed by atoms with Gasteiger partial charge in [-0.2, -0.15) is 0 Å². The van der Waals surface area contributed by atoms with Gasteiger partial charge < -0.3 is 10.6 Å². The number of carbonyl (C=O) groups is 1. The van der Waals surface area contributed by atoms with Crippen molar-refractivity contribution in [1.29, 1.82) is 0 Å². The van der Waals surface area contributed by atoms with Crippen LogP contribution in [0.2, 0.25) is 5.02 Å². The molecule has 1 fully saturated rings. The van der Waals surface area contributed by atoms with E-state index in [2.05, 4.69) is 16.7 Å². The molecule has 2 N–H and O–H groups in total. The van der Waals surface area contributed by atoms with Crippen molar-refractivity contribution in [3.8, 4) is 0 Å². The van der Waals surface area contributed by atoms with Crippen molar-refractivity contribution in [2.45, 2.75) is 13.0 Å². The van der Waals surface area contributed by atoms with Gasteiger partial charge in [-0.3, -0.25) is 4.79 Å². The maximum absolute atomic E-state index is 12.6. The van der Waals surface area contributed by atoms with Crippen molar-refractivity contribution in [1.82, 2.24) is 10.6 Å². The Morgan fingerprint density at radius 3 is 2.59 bits per heavy atom. The second-order valence-electron chi connectivity index (χ2n) is 5.72. The summed E-state index contributed by atoms with van der Waals surface area (Å²) in [5.41, 5.74) is 1.05. The molecule has 2 heterocycles. The zero-order chi connectivity index (χ0) is 15.5. The van der Waals surface area contributed by atoms with Gasteiger partial charge in [0.15, 0.2) is 0 Å². The Morgan fingerprint density at radius 1 is 1.32 bits per heavy atom. The minimum Gasteiger partial charge on any atom is -0.344 e. The normalized spacial score (nSPS) is 17.5. The first kappa shape index (κ1) is 15.5. The number of nitrogens with one attached hydrogen (secondary N) is 2. The Bertz CT molecular complexity index is 623. The van der Waals surface area contributed by atoms with Crippen molar-refractivity contribution in [3.05, 3.63) is 57.2 Å². The lowest BCUT2D eigenvalue weighted by Crippen LogP contribution is -2.50. The Balaban J connectivity index is 1.79. The molecule has 2 atom stereocenters. The Hall–Kier alpha value is -1.36. The summed E-state index contributed by atoms with van der Waals surface area (Å²) in [4.78, 5) is 13.7. The van der Waals surface area contributed by atoms with Crippen LogP contribution in [0, 0.1) is 11.8 Å². The highest BCUT2D eigenvalue weighted by Crippen LogP contribution is 2.28. The van der Waals surface area contributed by atoms with Gasteiger partial charge in [-0.1, -0.05) is 36.7 Å². The smallest absolute Gasteiger partial charge is 0.223 e. The number of rotatable bonds is 5. The maximum atomic E-state index is 12.6.